The third-order valence-electron chi connectivity index (χ3n) is 3.45. The van der Waals surface area contributed by atoms with Crippen molar-refractivity contribution in [3.05, 3.63) is 53.8 Å². The molecule has 128 valence electrons. The molecule has 0 heterocycles. The van der Waals surface area contributed by atoms with E-state index in [1.54, 1.807) is 12.1 Å². The molecule has 0 amide bonds. The number of hydrogen-bond donors (Lipinski definition) is 2. The highest BCUT2D eigenvalue weighted by Crippen LogP contribution is 2.22. The Hall–Kier alpha value is -2.34. The maximum Gasteiger partial charge on any atom is 0.171 e. The standard InChI is InChI=1S/C18H21FN2O2S/c1-4-23-15-8-6-14(7-9-15)21-18(24)20-12(2)13-5-10-17(22-3)16(19)11-13/h5-12H,4H2,1-3H3,(H2,20,21,24)/t12-/m1/s1. The number of nitrogens with one attached hydrogen (secondary N) is 2. The quantitative estimate of drug-likeness (QED) is 0.763. The second-order valence-corrected chi connectivity index (χ2v) is 5.58. The summed E-state index contributed by atoms with van der Waals surface area (Å²) in [5.41, 5.74) is 1.63. The van der Waals surface area contributed by atoms with Gasteiger partial charge in [-0.05, 0) is 68.0 Å². The topological polar surface area (TPSA) is 42.5 Å². The van der Waals surface area contributed by atoms with Gasteiger partial charge in [0.2, 0.25) is 0 Å². The average Bonchev–Trinajstić information content (AvgIpc) is 2.56. The second-order valence-electron chi connectivity index (χ2n) is 5.17. The van der Waals surface area contributed by atoms with Gasteiger partial charge in [0.15, 0.2) is 16.7 Å². The van der Waals surface area contributed by atoms with E-state index in [2.05, 4.69) is 10.6 Å². The van der Waals surface area contributed by atoms with Gasteiger partial charge in [-0.2, -0.15) is 0 Å². The number of halogens is 1. The van der Waals surface area contributed by atoms with Crippen LogP contribution in [0, 0.1) is 5.82 Å². The van der Waals surface area contributed by atoms with Gasteiger partial charge in [0, 0.05) is 5.69 Å². The van der Waals surface area contributed by atoms with Crippen LogP contribution in [0.4, 0.5) is 10.1 Å². The molecule has 0 saturated heterocycles. The molecule has 2 N–H and O–H groups in total. The van der Waals surface area contributed by atoms with Gasteiger partial charge in [-0.3, -0.25) is 0 Å². The molecule has 4 nitrogen and oxygen atoms in total. The predicted molar refractivity (Wildman–Crippen MR) is 98.3 cm³/mol. The summed E-state index contributed by atoms with van der Waals surface area (Å²) in [5, 5.41) is 6.69. The molecule has 0 aliphatic heterocycles. The van der Waals surface area contributed by atoms with Crippen LogP contribution >= 0.6 is 12.2 Å². The number of thiocarbonyl (C=S) groups is 1. The van der Waals surface area contributed by atoms with E-state index < -0.39 is 5.82 Å². The maximum atomic E-state index is 13.8. The lowest BCUT2D eigenvalue weighted by Crippen LogP contribution is -2.30. The highest BCUT2D eigenvalue weighted by Gasteiger charge is 2.11. The molecular weight excluding hydrogens is 327 g/mol. The highest BCUT2D eigenvalue weighted by molar-refractivity contribution is 7.80. The van der Waals surface area contributed by atoms with Gasteiger partial charge in [-0.15, -0.1) is 0 Å². The van der Waals surface area contributed by atoms with E-state index in [0.717, 1.165) is 17.0 Å². The Labute approximate surface area is 147 Å². The van der Waals surface area contributed by atoms with Gasteiger partial charge in [0.25, 0.3) is 0 Å². The van der Waals surface area contributed by atoms with Gasteiger partial charge >= 0.3 is 0 Å². The summed E-state index contributed by atoms with van der Waals surface area (Å²) < 4.78 is 24.1. The van der Waals surface area contributed by atoms with Gasteiger partial charge < -0.3 is 20.1 Å². The van der Waals surface area contributed by atoms with Crippen LogP contribution in [0.25, 0.3) is 0 Å². The third-order valence-corrected chi connectivity index (χ3v) is 3.67. The summed E-state index contributed by atoms with van der Waals surface area (Å²) in [4.78, 5) is 0. The van der Waals surface area contributed by atoms with Crippen LogP contribution in [0.3, 0.4) is 0 Å². The van der Waals surface area contributed by atoms with E-state index >= 15 is 0 Å². The fourth-order valence-electron chi connectivity index (χ4n) is 2.20. The molecule has 0 bridgehead atoms. The minimum absolute atomic E-state index is 0.145. The minimum atomic E-state index is -0.394. The molecule has 1 atom stereocenters. The average molecular weight is 348 g/mol. The van der Waals surface area contributed by atoms with Gasteiger partial charge in [-0.1, -0.05) is 6.07 Å². The van der Waals surface area contributed by atoms with Crippen LogP contribution < -0.4 is 20.1 Å². The Balaban J connectivity index is 1.94. The third kappa shape index (κ3) is 4.83. The summed E-state index contributed by atoms with van der Waals surface area (Å²) >= 11 is 5.31. The molecule has 2 rings (SSSR count). The Morgan fingerprint density at radius 3 is 2.50 bits per heavy atom. The Morgan fingerprint density at radius 2 is 1.92 bits per heavy atom. The summed E-state index contributed by atoms with van der Waals surface area (Å²) in [6.07, 6.45) is 0. The molecule has 0 fully saturated rings. The SMILES string of the molecule is CCOc1ccc(NC(=S)N[C@H](C)c2ccc(OC)c(F)c2)cc1. The van der Waals surface area contributed by atoms with Crippen molar-refractivity contribution in [1.29, 1.82) is 0 Å². The summed E-state index contributed by atoms with van der Waals surface area (Å²) in [7, 11) is 1.44. The van der Waals surface area contributed by atoms with Crippen molar-refractivity contribution in [2.24, 2.45) is 0 Å². The highest BCUT2D eigenvalue weighted by atomic mass is 32.1. The van der Waals surface area contributed by atoms with Crippen LogP contribution in [-0.2, 0) is 0 Å². The second kappa shape index (κ2) is 8.49. The van der Waals surface area contributed by atoms with Crippen LogP contribution in [0.2, 0.25) is 0 Å². The van der Waals surface area contributed by atoms with Crippen LogP contribution in [0.15, 0.2) is 42.5 Å². The Kier molecular flexibility index (Phi) is 6.37. The van der Waals surface area contributed by atoms with Crippen LogP contribution in [0.5, 0.6) is 11.5 Å². The minimum Gasteiger partial charge on any atom is -0.494 e. The van der Waals surface area contributed by atoms with Gasteiger partial charge in [-0.25, -0.2) is 4.39 Å². The summed E-state index contributed by atoms with van der Waals surface area (Å²) in [6, 6.07) is 12.2. The molecule has 0 aliphatic rings. The van der Waals surface area contributed by atoms with Crippen molar-refractivity contribution in [2.45, 2.75) is 19.9 Å². The van der Waals surface area contributed by atoms with E-state index in [1.165, 1.54) is 13.2 Å². The number of benzene rings is 2. The summed E-state index contributed by atoms with van der Waals surface area (Å²) in [5.74, 6) is 0.638. The van der Waals surface area contributed by atoms with E-state index in [9.17, 15) is 4.39 Å². The molecule has 0 spiro atoms. The fourth-order valence-corrected chi connectivity index (χ4v) is 2.49. The first-order valence-electron chi connectivity index (χ1n) is 7.67. The normalized spacial score (nSPS) is 11.5. The monoisotopic (exact) mass is 348 g/mol. The first-order chi connectivity index (χ1) is 11.5. The first-order valence-corrected chi connectivity index (χ1v) is 8.08. The van der Waals surface area contributed by atoms with E-state index in [-0.39, 0.29) is 11.8 Å². The number of methoxy groups -OCH3 is 1. The molecule has 0 unspecified atom stereocenters. The molecule has 24 heavy (non-hydrogen) atoms. The molecule has 6 heteroatoms. The zero-order valence-corrected chi connectivity index (χ0v) is 14.7. The van der Waals surface area contributed by atoms with Crippen molar-refractivity contribution < 1.29 is 13.9 Å². The first kappa shape index (κ1) is 18.0. The molecule has 0 aromatic heterocycles. The predicted octanol–water partition coefficient (Wildman–Crippen LogP) is 4.28. The lowest BCUT2D eigenvalue weighted by molar-refractivity contribution is 0.340. The maximum absolute atomic E-state index is 13.8. The largest absolute Gasteiger partial charge is 0.494 e. The van der Waals surface area contributed by atoms with Gasteiger partial charge in [0.1, 0.15) is 5.75 Å². The molecule has 0 radical (unpaired) electrons. The zero-order chi connectivity index (χ0) is 17.5. The lowest BCUT2D eigenvalue weighted by Gasteiger charge is -2.18. The van der Waals surface area contributed by atoms with Crippen LogP contribution in [-0.4, -0.2) is 18.8 Å². The number of ether oxygens (including phenoxy) is 2. The zero-order valence-electron chi connectivity index (χ0n) is 13.9. The van der Waals surface area contributed by atoms with Crippen molar-refractivity contribution in [2.75, 3.05) is 19.0 Å². The van der Waals surface area contributed by atoms with Crippen LogP contribution in [0.1, 0.15) is 25.5 Å². The van der Waals surface area contributed by atoms with Crippen molar-refractivity contribution in [1.82, 2.24) is 5.32 Å². The Morgan fingerprint density at radius 1 is 1.21 bits per heavy atom. The van der Waals surface area contributed by atoms with E-state index in [1.807, 2.05) is 38.1 Å². The number of anilines is 1. The molecule has 0 saturated carbocycles. The smallest absolute Gasteiger partial charge is 0.171 e. The lowest BCUT2D eigenvalue weighted by atomic mass is 10.1. The number of rotatable bonds is 6. The Bertz CT molecular complexity index is 692. The van der Waals surface area contributed by atoms with Gasteiger partial charge in [0.05, 0.1) is 19.8 Å². The molecule has 0 aliphatic carbocycles. The van der Waals surface area contributed by atoms with Crippen molar-refractivity contribution in [3.63, 3.8) is 0 Å². The van der Waals surface area contributed by atoms with Crippen molar-refractivity contribution >= 4 is 23.0 Å². The van der Waals surface area contributed by atoms with Crippen molar-refractivity contribution in [3.8, 4) is 11.5 Å². The fraction of sp³-hybridized carbons (Fsp3) is 0.278. The van der Waals surface area contributed by atoms with E-state index in [0.29, 0.717) is 11.7 Å². The molecule has 2 aromatic rings. The van der Waals surface area contributed by atoms with E-state index in [4.69, 9.17) is 21.7 Å². The summed E-state index contributed by atoms with van der Waals surface area (Å²) in [6.45, 7) is 4.48. The molecule has 2 aromatic carbocycles. The number of hydrogen-bond acceptors (Lipinski definition) is 3. The molecular formula is C18H21FN2O2S.